The molecule has 4 rings (SSSR count). The van der Waals surface area contributed by atoms with Crippen LogP contribution in [-0.2, 0) is 11.2 Å². The monoisotopic (exact) mass is 288 g/mol. The Morgan fingerprint density at radius 1 is 0.818 bits per heavy atom. The zero-order chi connectivity index (χ0) is 15.1. The van der Waals surface area contributed by atoms with Crippen LogP contribution in [0, 0.1) is 0 Å². The van der Waals surface area contributed by atoms with Crippen LogP contribution in [0.4, 0.5) is 0 Å². The fourth-order valence-electron chi connectivity index (χ4n) is 3.52. The second-order valence-electron chi connectivity index (χ2n) is 5.79. The molecule has 0 fully saturated rings. The fraction of sp³-hybridized carbons (Fsp3) is 0.150. The van der Waals surface area contributed by atoms with Gasteiger partial charge in [0.15, 0.2) is 0 Å². The largest absolute Gasteiger partial charge is 0.481 e. The van der Waals surface area contributed by atoms with Crippen molar-refractivity contribution in [2.75, 3.05) is 0 Å². The molecule has 0 saturated carbocycles. The number of benzene rings is 3. The fourth-order valence-corrected chi connectivity index (χ4v) is 3.52. The van der Waals surface area contributed by atoms with Crippen molar-refractivity contribution in [2.24, 2.45) is 0 Å². The number of hydrogen-bond acceptors (Lipinski definition) is 1. The summed E-state index contributed by atoms with van der Waals surface area (Å²) >= 11 is 0. The minimum atomic E-state index is -0.724. The van der Waals surface area contributed by atoms with Crippen LogP contribution in [0.15, 0.2) is 54.6 Å². The third-order valence-corrected chi connectivity index (χ3v) is 4.48. The Bertz CT molecular complexity index is 864. The predicted octanol–water partition coefficient (Wildman–Crippen LogP) is 4.89. The van der Waals surface area contributed by atoms with Crippen LogP contribution in [0.25, 0.3) is 33.0 Å². The molecular formula is C20H16O2. The van der Waals surface area contributed by atoms with E-state index in [4.69, 9.17) is 5.11 Å². The highest BCUT2D eigenvalue weighted by Crippen LogP contribution is 2.47. The Morgan fingerprint density at radius 2 is 1.50 bits per heavy atom. The van der Waals surface area contributed by atoms with Crippen molar-refractivity contribution in [1.29, 1.82) is 0 Å². The summed E-state index contributed by atoms with van der Waals surface area (Å²) in [5.74, 6) is -0.724. The van der Waals surface area contributed by atoms with E-state index in [0.29, 0.717) is 6.42 Å². The van der Waals surface area contributed by atoms with Gasteiger partial charge in [0.05, 0.1) is 0 Å². The van der Waals surface area contributed by atoms with Crippen LogP contribution in [0.1, 0.15) is 18.4 Å². The normalized spacial score (nSPS) is 11.6. The van der Waals surface area contributed by atoms with Crippen molar-refractivity contribution < 1.29 is 9.90 Å². The van der Waals surface area contributed by atoms with Gasteiger partial charge in [-0.2, -0.15) is 0 Å². The lowest BCUT2D eigenvalue weighted by Gasteiger charge is -2.08. The van der Waals surface area contributed by atoms with Gasteiger partial charge in [0, 0.05) is 6.42 Å². The van der Waals surface area contributed by atoms with Gasteiger partial charge in [-0.05, 0) is 51.4 Å². The van der Waals surface area contributed by atoms with Crippen molar-refractivity contribution in [2.45, 2.75) is 19.3 Å². The smallest absolute Gasteiger partial charge is 0.303 e. The maximum absolute atomic E-state index is 10.7. The summed E-state index contributed by atoms with van der Waals surface area (Å²) in [5, 5.41) is 11.4. The first-order valence-electron chi connectivity index (χ1n) is 7.62. The number of aryl methyl sites for hydroxylation is 1. The van der Waals surface area contributed by atoms with Crippen molar-refractivity contribution in [3.05, 3.63) is 60.2 Å². The van der Waals surface area contributed by atoms with Gasteiger partial charge in [0.25, 0.3) is 0 Å². The minimum Gasteiger partial charge on any atom is -0.481 e. The van der Waals surface area contributed by atoms with Crippen molar-refractivity contribution in [1.82, 2.24) is 0 Å². The van der Waals surface area contributed by atoms with E-state index in [0.717, 1.165) is 6.42 Å². The van der Waals surface area contributed by atoms with Crippen molar-refractivity contribution >= 4 is 16.7 Å². The Kier molecular flexibility index (Phi) is 2.97. The standard InChI is InChI=1S/C20H16O2/c21-19(22)10-3-5-13-11-12-18-16-7-2-1-6-15(16)17-9-4-8-14(13)20(17)18/h1-2,4,6-9,11-12H,3,5,10H2,(H,21,22). The quantitative estimate of drug-likeness (QED) is 0.580. The lowest BCUT2D eigenvalue weighted by molar-refractivity contribution is -0.137. The highest BCUT2D eigenvalue weighted by Gasteiger charge is 2.21. The zero-order valence-electron chi connectivity index (χ0n) is 12.2. The Hall–Kier alpha value is -2.61. The summed E-state index contributed by atoms with van der Waals surface area (Å²) in [7, 11) is 0. The molecule has 0 unspecified atom stereocenters. The van der Waals surface area contributed by atoms with Gasteiger partial charge in [-0.15, -0.1) is 0 Å². The summed E-state index contributed by atoms with van der Waals surface area (Å²) in [5.41, 5.74) is 6.43. The Morgan fingerprint density at radius 3 is 2.23 bits per heavy atom. The van der Waals surface area contributed by atoms with E-state index in [1.54, 1.807) is 0 Å². The van der Waals surface area contributed by atoms with E-state index in [-0.39, 0.29) is 6.42 Å². The molecule has 0 atom stereocenters. The molecule has 3 aromatic carbocycles. The maximum atomic E-state index is 10.7. The van der Waals surface area contributed by atoms with Crippen molar-refractivity contribution in [3.8, 4) is 22.3 Å². The molecule has 1 aliphatic rings. The molecule has 108 valence electrons. The van der Waals surface area contributed by atoms with Crippen LogP contribution in [-0.4, -0.2) is 11.1 Å². The van der Waals surface area contributed by atoms with Crippen LogP contribution in [0.5, 0.6) is 0 Å². The highest BCUT2D eigenvalue weighted by molar-refractivity contribution is 6.15. The molecule has 0 spiro atoms. The highest BCUT2D eigenvalue weighted by atomic mass is 16.4. The first-order chi connectivity index (χ1) is 10.8. The van der Waals surface area contributed by atoms with Crippen LogP contribution < -0.4 is 0 Å². The lowest BCUT2D eigenvalue weighted by Crippen LogP contribution is -1.96. The topological polar surface area (TPSA) is 37.3 Å². The summed E-state index contributed by atoms with van der Waals surface area (Å²) in [6.45, 7) is 0. The van der Waals surface area contributed by atoms with Crippen LogP contribution in [0.3, 0.4) is 0 Å². The van der Waals surface area contributed by atoms with E-state index in [1.807, 2.05) is 0 Å². The summed E-state index contributed by atoms with van der Waals surface area (Å²) in [6.07, 6.45) is 1.72. The molecular weight excluding hydrogens is 272 g/mol. The van der Waals surface area contributed by atoms with Crippen LogP contribution >= 0.6 is 0 Å². The molecule has 0 radical (unpaired) electrons. The molecule has 0 aliphatic heterocycles. The molecule has 0 aromatic heterocycles. The first-order valence-corrected chi connectivity index (χ1v) is 7.62. The molecule has 2 heteroatoms. The summed E-state index contributed by atoms with van der Waals surface area (Å²) in [6, 6.07) is 19.3. The first kappa shape index (κ1) is 13.1. The van der Waals surface area contributed by atoms with Gasteiger partial charge in [-0.3, -0.25) is 4.79 Å². The number of carboxylic acids is 1. The number of aliphatic carboxylic acids is 1. The lowest BCUT2D eigenvalue weighted by atomic mass is 9.96. The van der Waals surface area contributed by atoms with Gasteiger partial charge in [-0.25, -0.2) is 0 Å². The molecule has 0 bridgehead atoms. The molecule has 0 amide bonds. The van der Waals surface area contributed by atoms with Gasteiger partial charge >= 0.3 is 5.97 Å². The molecule has 3 aromatic rings. The number of hydrogen-bond donors (Lipinski definition) is 1. The van der Waals surface area contributed by atoms with Gasteiger partial charge in [0.1, 0.15) is 0 Å². The second-order valence-corrected chi connectivity index (χ2v) is 5.79. The number of fused-ring (bicyclic) bond motifs is 3. The van der Waals surface area contributed by atoms with E-state index in [2.05, 4.69) is 54.6 Å². The zero-order valence-corrected chi connectivity index (χ0v) is 12.2. The molecule has 1 N–H and O–H groups in total. The molecule has 1 aliphatic carbocycles. The van der Waals surface area contributed by atoms with E-state index < -0.39 is 5.97 Å². The third-order valence-electron chi connectivity index (χ3n) is 4.48. The number of carbonyl (C=O) groups is 1. The average molecular weight is 288 g/mol. The molecule has 0 heterocycles. The van der Waals surface area contributed by atoms with Gasteiger partial charge < -0.3 is 5.11 Å². The molecule has 22 heavy (non-hydrogen) atoms. The average Bonchev–Trinajstić information content (AvgIpc) is 2.86. The SMILES string of the molecule is O=C(O)CCCc1ccc2c3c(cccc13)-c1ccccc1-2. The summed E-state index contributed by atoms with van der Waals surface area (Å²) in [4.78, 5) is 10.7. The number of carboxylic acid groups (broad SMARTS) is 1. The van der Waals surface area contributed by atoms with Gasteiger partial charge in [-0.1, -0.05) is 54.6 Å². The Balaban J connectivity index is 1.85. The van der Waals surface area contributed by atoms with Gasteiger partial charge in [0.2, 0.25) is 0 Å². The molecule has 2 nitrogen and oxygen atoms in total. The Labute approximate surface area is 129 Å². The van der Waals surface area contributed by atoms with E-state index >= 15 is 0 Å². The third kappa shape index (κ3) is 1.92. The second kappa shape index (κ2) is 4.99. The van der Waals surface area contributed by atoms with E-state index in [1.165, 1.54) is 38.6 Å². The number of rotatable bonds is 4. The predicted molar refractivity (Wildman–Crippen MR) is 89.0 cm³/mol. The summed E-state index contributed by atoms with van der Waals surface area (Å²) < 4.78 is 0. The maximum Gasteiger partial charge on any atom is 0.303 e. The minimum absolute atomic E-state index is 0.225. The molecule has 0 saturated heterocycles. The van der Waals surface area contributed by atoms with E-state index in [9.17, 15) is 4.79 Å². The van der Waals surface area contributed by atoms with Crippen molar-refractivity contribution in [3.63, 3.8) is 0 Å². The van der Waals surface area contributed by atoms with Crippen LogP contribution in [0.2, 0.25) is 0 Å².